The monoisotopic (exact) mass is 332 g/mol. The molecule has 0 spiro atoms. The fraction of sp³-hybridized carbons (Fsp3) is 0.267. The van der Waals surface area contributed by atoms with Gasteiger partial charge in [0, 0.05) is 36.0 Å². The van der Waals surface area contributed by atoms with Crippen molar-refractivity contribution in [2.45, 2.75) is 18.6 Å². The van der Waals surface area contributed by atoms with Crippen LogP contribution in [0, 0.1) is 6.92 Å². The molecule has 2 aromatic heterocycles. The summed E-state index contributed by atoms with van der Waals surface area (Å²) in [5.41, 5.74) is 2.06. The first kappa shape index (κ1) is 15.1. The lowest BCUT2D eigenvalue weighted by Gasteiger charge is -2.05. The van der Waals surface area contributed by atoms with Crippen LogP contribution in [-0.2, 0) is 13.6 Å². The third-order valence-corrected chi connectivity index (χ3v) is 5.27. The van der Waals surface area contributed by atoms with Crippen LogP contribution in [0.4, 0.5) is 0 Å². The summed E-state index contributed by atoms with van der Waals surface area (Å²) in [6.45, 7) is 2.64. The number of hydrogen-bond donors (Lipinski definition) is 0. The number of thioether (sulfide) groups is 1. The molecule has 0 N–H and O–H groups in total. The molecular formula is C15H16N4OS2. The minimum absolute atomic E-state index is 0.0982. The lowest BCUT2D eigenvalue weighted by Crippen LogP contribution is -2.15. The van der Waals surface area contributed by atoms with E-state index in [9.17, 15) is 4.79 Å². The van der Waals surface area contributed by atoms with Crippen LogP contribution >= 0.6 is 23.1 Å². The van der Waals surface area contributed by atoms with Crippen molar-refractivity contribution < 1.29 is 0 Å². The van der Waals surface area contributed by atoms with E-state index in [1.54, 1.807) is 16.3 Å². The predicted molar refractivity (Wildman–Crippen MR) is 90.5 cm³/mol. The molecule has 5 nitrogen and oxygen atoms in total. The quantitative estimate of drug-likeness (QED) is 0.674. The van der Waals surface area contributed by atoms with Gasteiger partial charge in [-0.25, -0.2) is 0 Å². The largest absolute Gasteiger partial charge is 0.307 e. The Kier molecular flexibility index (Phi) is 4.44. The molecule has 3 aromatic rings. The number of aromatic nitrogens is 4. The van der Waals surface area contributed by atoms with Gasteiger partial charge in [-0.05, 0) is 6.92 Å². The van der Waals surface area contributed by atoms with Gasteiger partial charge >= 0.3 is 4.87 Å². The second-order valence-corrected chi connectivity index (χ2v) is 6.76. The number of aryl methyl sites for hydroxylation is 1. The first-order valence-corrected chi connectivity index (χ1v) is 8.76. The normalized spacial score (nSPS) is 11.0. The minimum atomic E-state index is 0.0982. The van der Waals surface area contributed by atoms with Crippen molar-refractivity contribution in [1.82, 2.24) is 19.3 Å². The molecule has 0 amide bonds. The van der Waals surface area contributed by atoms with E-state index in [4.69, 9.17) is 0 Å². The Bertz CT molecular complexity index is 820. The van der Waals surface area contributed by atoms with Crippen molar-refractivity contribution in [3.8, 4) is 11.4 Å². The van der Waals surface area contributed by atoms with Gasteiger partial charge in [-0.15, -0.1) is 10.2 Å². The topological polar surface area (TPSA) is 52.7 Å². The van der Waals surface area contributed by atoms with Gasteiger partial charge in [0.25, 0.3) is 0 Å². The highest BCUT2D eigenvalue weighted by molar-refractivity contribution is 7.99. The summed E-state index contributed by atoms with van der Waals surface area (Å²) in [6.07, 6.45) is 0. The van der Waals surface area contributed by atoms with Crippen LogP contribution in [0.2, 0.25) is 0 Å². The van der Waals surface area contributed by atoms with E-state index < -0.39 is 0 Å². The van der Waals surface area contributed by atoms with Crippen LogP contribution in [0.5, 0.6) is 0 Å². The summed E-state index contributed by atoms with van der Waals surface area (Å²) in [4.78, 5) is 11.8. The zero-order chi connectivity index (χ0) is 15.5. The summed E-state index contributed by atoms with van der Waals surface area (Å²) in [7, 11) is 1.96. The number of benzene rings is 1. The van der Waals surface area contributed by atoms with Gasteiger partial charge in [0.1, 0.15) is 0 Å². The molecular weight excluding hydrogens is 316 g/mol. The first-order valence-electron chi connectivity index (χ1n) is 6.89. The highest BCUT2D eigenvalue weighted by atomic mass is 32.2. The lowest BCUT2D eigenvalue weighted by atomic mass is 10.2. The van der Waals surface area contributed by atoms with Crippen LogP contribution < -0.4 is 4.87 Å². The van der Waals surface area contributed by atoms with Crippen molar-refractivity contribution in [2.75, 3.05) is 5.75 Å². The first-order chi connectivity index (χ1) is 10.7. The smallest absolute Gasteiger partial charge is 0.305 e. The van der Waals surface area contributed by atoms with Crippen molar-refractivity contribution in [3.05, 3.63) is 51.1 Å². The fourth-order valence-electron chi connectivity index (χ4n) is 2.18. The van der Waals surface area contributed by atoms with Gasteiger partial charge in [0.15, 0.2) is 11.0 Å². The Morgan fingerprint density at radius 3 is 2.68 bits per heavy atom. The zero-order valence-corrected chi connectivity index (χ0v) is 14.0. The Balaban J connectivity index is 1.70. The Labute approximate surface area is 136 Å². The van der Waals surface area contributed by atoms with Crippen LogP contribution in [0.3, 0.4) is 0 Å². The molecule has 0 saturated heterocycles. The van der Waals surface area contributed by atoms with Crippen LogP contribution in [0.15, 0.2) is 45.7 Å². The predicted octanol–water partition coefficient (Wildman–Crippen LogP) is 2.81. The second kappa shape index (κ2) is 6.50. The summed E-state index contributed by atoms with van der Waals surface area (Å²) >= 11 is 2.86. The molecule has 3 rings (SSSR count). The van der Waals surface area contributed by atoms with Crippen LogP contribution in [0.1, 0.15) is 5.69 Å². The second-order valence-electron chi connectivity index (χ2n) is 4.87. The van der Waals surface area contributed by atoms with Crippen molar-refractivity contribution in [2.24, 2.45) is 7.05 Å². The number of thiazole rings is 1. The Morgan fingerprint density at radius 1 is 1.23 bits per heavy atom. The average molecular weight is 332 g/mol. The van der Waals surface area contributed by atoms with E-state index in [2.05, 4.69) is 10.2 Å². The van der Waals surface area contributed by atoms with Crippen LogP contribution in [-0.4, -0.2) is 25.1 Å². The molecule has 1 aromatic carbocycles. The molecule has 0 aliphatic heterocycles. The summed E-state index contributed by atoms with van der Waals surface area (Å²) in [5.74, 6) is 1.64. The molecule has 0 aliphatic carbocycles. The molecule has 0 radical (unpaired) electrons. The van der Waals surface area contributed by atoms with E-state index in [-0.39, 0.29) is 4.87 Å². The van der Waals surface area contributed by atoms with Crippen molar-refractivity contribution >= 4 is 23.1 Å². The van der Waals surface area contributed by atoms with Gasteiger partial charge in [0.2, 0.25) is 0 Å². The molecule has 114 valence electrons. The third kappa shape index (κ3) is 3.00. The standard InChI is InChI=1S/C15H16N4OS2/c1-11-10-22-15(20)19(11)8-9-21-14-17-16-13(18(14)2)12-6-4-3-5-7-12/h3-7,10H,8-9H2,1-2H3. The van der Waals surface area contributed by atoms with Gasteiger partial charge in [-0.3, -0.25) is 4.79 Å². The molecule has 0 unspecified atom stereocenters. The highest BCUT2D eigenvalue weighted by Crippen LogP contribution is 2.22. The van der Waals surface area contributed by atoms with Crippen molar-refractivity contribution in [1.29, 1.82) is 0 Å². The summed E-state index contributed by atoms with van der Waals surface area (Å²) in [5, 5.41) is 11.3. The summed E-state index contributed by atoms with van der Waals surface area (Å²) < 4.78 is 3.79. The van der Waals surface area contributed by atoms with E-state index in [0.29, 0.717) is 6.54 Å². The summed E-state index contributed by atoms with van der Waals surface area (Å²) in [6, 6.07) is 10.0. The molecule has 0 saturated carbocycles. The molecule has 0 fully saturated rings. The highest BCUT2D eigenvalue weighted by Gasteiger charge is 2.11. The minimum Gasteiger partial charge on any atom is -0.305 e. The molecule has 7 heteroatoms. The third-order valence-electron chi connectivity index (χ3n) is 3.39. The number of nitrogens with zero attached hydrogens (tertiary/aromatic N) is 4. The van der Waals surface area contributed by atoms with Crippen LogP contribution in [0.25, 0.3) is 11.4 Å². The Hall–Kier alpha value is -1.86. The van der Waals surface area contributed by atoms with Gasteiger partial charge in [-0.1, -0.05) is 53.4 Å². The van der Waals surface area contributed by atoms with Crippen molar-refractivity contribution in [3.63, 3.8) is 0 Å². The average Bonchev–Trinajstić information content (AvgIpc) is 3.05. The molecule has 22 heavy (non-hydrogen) atoms. The number of hydrogen-bond acceptors (Lipinski definition) is 5. The van der Waals surface area contributed by atoms with Gasteiger partial charge in [0.05, 0.1) is 0 Å². The fourth-order valence-corrected chi connectivity index (χ4v) is 3.78. The number of rotatable bonds is 5. The maximum atomic E-state index is 11.7. The lowest BCUT2D eigenvalue weighted by molar-refractivity contribution is 0.726. The van der Waals surface area contributed by atoms with E-state index >= 15 is 0 Å². The van der Waals surface area contributed by atoms with E-state index in [1.807, 2.05) is 54.3 Å². The van der Waals surface area contributed by atoms with Gasteiger partial charge in [-0.2, -0.15) is 0 Å². The molecule has 0 aliphatic rings. The Morgan fingerprint density at radius 2 is 2.00 bits per heavy atom. The maximum absolute atomic E-state index is 11.7. The van der Waals surface area contributed by atoms with Gasteiger partial charge < -0.3 is 9.13 Å². The SMILES string of the molecule is Cc1csc(=O)n1CCSc1nnc(-c2ccccc2)n1C. The molecule has 0 bridgehead atoms. The zero-order valence-electron chi connectivity index (χ0n) is 12.4. The molecule has 2 heterocycles. The maximum Gasteiger partial charge on any atom is 0.307 e. The van der Waals surface area contributed by atoms with E-state index in [0.717, 1.165) is 28.0 Å². The van der Waals surface area contributed by atoms with E-state index in [1.165, 1.54) is 11.3 Å². The molecule has 0 atom stereocenters.